The number of aliphatic carboxylic acids is 1. The molecule has 16 nitrogen and oxygen atoms in total. The molecule has 0 radical (unpaired) electrons. The maximum absolute atomic E-state index is 14.8. The fourth-order valence-corrected chi connectivity index (χ4v) is 12.4. The van der Waals surface area contributed by atoms with Gasteiger partial charge in [0.15, 0.2) is 11.6 Å². The maximum Gasteiger partial charge on any atom is 0.345 e. The summed E-state index contributed by atoms with van der Waals surface area (Å²) < 4.78 is 73.8. The first-order valence-electron chi connectivity index (χ1n) is 30.4. The quantitative estimate of drug-likeness (QED) is 0.0212. The van der Waals surface area contributed by atoms with E-state index in [1.54, 1.807) is 74.6 Å². The van der Waals surface area contributed by atoms with Crippen molar-refractivity contribution in [1.29, 1.82) is 0 Å². The number of rotatable bonds is 28. The van der Waals surface area contributed by atoms with Gasteiger partial charge in [-0.25, -0.2) is 24.1 Å². The molecule has 10 rings (SSSR count). The molecular weight excluding hydrogens is 1250 g/mol. The average Bonchev–Trinajstić information content (AvgIpc) is 1.49. The summed E-state index contributed by atoms with van der Waals surface area (Å²) >= 11 is 15.2. The van der Waals surface area contributed by atoms with Gasteiger partial charge in [0.25, 0.3) is 0 Å². The molecule has 0 bridgehead atoms. The SMILES string of the molecule is C=CCOC[C@H](COC(c1ccccc1)(c1ccc(OC)cc1)c1ccc(OC)cc1)Oc1c(Cl)c(C)c(-n2c(-c3ccc(F)cc3)cc3ncnc(OC(Cc4cc(O[Si](C)(C)C(C)(C)C)ccc4OCc4ccnc(-c5ccccc5OC)n4)C(=O)O)c32)c(C)c1Cl. The number of carboxylic acids is 1. The maximum atomic E-state index is 14.8. The third kappa shape index (κ3) is 14.6. The highest BCUT2D eigenvalue weighted by Crippen LogP contribution is 2.48. The van der Waals surface area contributed by atoms with Crippen LogP contribution in [0.1, 0.15) is 59.8 Å². The monoisotopic (exact) mass is 1330 g/mol. The number of nitrogens with zero attached hydrogens (tertiary/aromatic N) is 5. The number of hydrogen-bond acceptors (Lipinski definition) is 14. The van der Waals surface area contributed by atoms with E-state index in [1.807, 2.05) is 123 Å². The van der Waals surface area contributed by atoms with Crippen molar-refractivity contribution in [2.75, 3.05) is 41.2 Å². The second-order valence-corrected chi connectivity index (χ2v) is 29.3. The molecule has 0 aliphatic rings. The minimum absolute atomic E-state index is 0.000218. The first-order valence-corrected chi connectivity index (χ1v) is 34.1. The summed E-state index contributed by atoms with van der Waals surface area (Å²) in [6.45, 7) is 18.3. The van der Waals surface area contributed by atoms with Crippen LogP contribution in [0.4, 0.5) is 4.39 Å². The van der Waals surface area contributed by atoms with E-state index in [2.05, 4.69) is 50.4 Å². The zero-order valence-electron chi connectivity index (χ0n) is 54.0. The smallest absolute Gasteiger partial charge is 0.345 e. The lowest BCUT2D eigenvalue weighted by molar-refractivity contribution is -0.145. The Kier molecular flexibility index (Phi) is 21.1. The van der Waals surface area contributed by atoms with E-state index in [1.165, 1.54) is 18.5 Å². The zero-order valence-corrected chi connectivity index (χ0v) is 56.6. The fourth-order valence-electron chi connectivity index (χ4n) is 10.8. The highest BCUT2D eigenvalue weighted by molar-refractivity contribution is 6.74. The fraction of sp³-hybridized carbons (Fsp3) is 0.257. The van der Waals surface area contributed by atoms with Crippen molar-refractivity contribution in [3.05, 3.63) is 238 Å². The van der Waals surface area contributed by atoms with Crippen molar-refractivity contribution >= 4 is 48.5 Å². The number of aromatic nitrogens is 5. The first-order chi connectivity index (χ1) is 45.2. The van der Waals surface area contributed by atoms with Gasteiger partial charge < -0.3 is 52.0 Å². The van der Waals surface area contributed by atoms with Crippen LogP contribution < -0.4 is 32.8 Å². The first kappa shape index (κ1) is 67.6. The third-order valence-corrected chi connectivity index (χ3v) is 22.0. The van der Waals surface area contributed by atoms with Crippen molar-refractivity contribution in [2.24, 2.45) is 0 Å². The van der Waals surface area contributed by atoms with Gasteiger partial charge in [0.1, 0.15) is 64.7 Å². The Morgan fingerprint density at radius 2 is 1.35 bits per heavy atom. The Morgan fingerprint density at radius 1 is 0.723 bits per heavy atom. The number of hydrogen-bond donors (Lipinski definition) is 1. The van der Waals surface area contributed by atoms with Crippen LogP contribution in [0.2, 0.25) is 28.2 Å². The summed E-state index contributed by atoms with van der Waals surface area (Å²) in [6, 6.07) is 47.6. The minimum Gasteiger partial charge on any atom is -0.543 e. The van der Waals surface area contributed by atoms with Crippen molar-refractivity contribution in [2.45, 2.75) is 83.6 Å². The van der Waals surface area contributed by atoms with E-state index in [4.69, 9.17) is 75.5 Å². The van der Waals surface area contributed by atoms with Gasteiger partial charge in [-0.3, -0.25) is 0 Å². The molecule has 20 heteroatoms. The van der Waals surface area contributed by atoms with Gasteiger partial charge in [0.2, 0.25) is 20.3 Å². The van der Waals surface area contributed by atoms with Crippen LogP contribution in [0, 0.1) is 19.7 Å². The van der Waals surface area contributed by atoms with E-state index in [9.17, 15) is 14.3 Å². The minimum atomic E-state index is -2.42. The van der Waals surface area contributed by atoms with Crippen LogP contribution in [0.3, 0.4) is 0 Å². The molecule has 10 aromatic rings. The van der Waals surface area contributed by atoms with Crippen LogP contribution >= 0.6 is 23.2 Å². The molecule has 0 aliphatic heterocycles. The predicted octanol–water partition coefficient (Wildman–Crippen LogP) is 16.6. The van der Waals surface area contributed by atoms with Crippen molar-refractivity contribution in [3.63, 3.8) is 0 Å². The molecule has 7 aromatic carbocycles. The van der Waals surface area contributed by atoms with Crippen LogP contribution in [-0.4, -0.2) is 97.3 Å². The van der Waals surface area contributed by atoms with Gasteiger partial charge in [0, 0.05) is 18.2 Å². The van der Waals surface area contributed by atoms with Gasteiger partial charge >= 0.3 is 5.97 Å². The number of para-hydroxylation sites is 1. The lowest BCUT2D eigenvalue weighted by Gasteiger charge is -2.37. The van der Waals surface area contributed by atoms with Gasteiger partial charge in [-0.2, -0.15) is 4.98 Å². The van der Waals surface area contributed by atoms with Gasteiger partial charge in [-0.05, 0) is 156 Å². The summed E-state index contributed by atoms with van der Waals surface area (Å²) in [6.07, 6.45) is 1.93. The number of benzene rings is 7. The van der Waals surface area contributed by atoms with E-state index >= 15 is 0 Å². The highest BCUT2D eigenvalue weighted by Gasteiger charge is 2.41. The van der Waals surface area contributed by atoms with Crippen LogP contribution in [0.5, 0.6) is 40.4 Å². The molecule has 0 spiro atoms. The van der Waals surface area contributed by atoms with Crippen molar-refractivity contribution in [1.82, 2.24) is 24.5 Å². The van der Waals surface area contributed by atoms with Gasteiger partial charge in [-0.1, -0.05) is 117 Å². The van der Waals surface area contributed by atoms with Crippen LogP contribution in [0.25, 0.3) is 39.4 Å². The molecule has 1 unspecified atom stereocenters. The predicted molar refractivity (Wildman–Crippen MR) is 366 cm³/mol. The molecule has 3 aromatic heterocycles. The summed E-state index contributed by atoms with van der Waals surface area (Å²) in [5.41, 5.74) is 6.08. The van der Waals surface area contributed by atoms with Crippen LogP contribution in [-0.2, 0) is 32.9 Å². The highest BCUT2D eigenvalue weighted by atomic mass is 35.5. The number of methoxy groups -OCH3 is 3. The van der Waals surface area contributed by atoms with Gasteiger partial charge in [0.05, 0.1) is 79.4 Å². The molecular formula is C74H74Cl2FN5O11Si. The topological polar surface area (TPSA) is 177 Å². The van der Waals surface area contributed by atoms with E-state index in [0.29, 0.717) is 85.0 Å². The second kappa shape index (κ2) is 29.3. The summed E-state index contributed by atoms with van der Waals surface area (Å²) in [5, 5.41) is 11.4. The Labute approximate surface area is 557 Å². The molecule has 0 fully saturated rings. The Bertz CT molecular complexity index is 4230. The zero-order chi connectivity index (χ0) is 66.9. The van der Waals surface area contributed by atoms with Gasteiger partial charge in [-0.15, -0.1) is 6.58 Å². The normalized spacial score (nSPS) is 12.4. The molecule has 94 heavy (non-hydrogen) atoms. The molecule has 1 N–H and O–H groups in total. The molecule has 3 heterocycles. The Morgan fingerprint density at radius 3 is 1.97 bits per heavy atom. The molecule has 0 saturated heterocycles. The van der Waals surface area contributed by atoms with E-state index in [0.717, 1.165) is 16.7 Å². The summed E-state index contributed by atoms with van der Waals surface area (Å²) in [5.74, 6) is 1.59. The van der Waals surface area contributed by atoms with Crippen LogP contribution in [0.15, 0.2) is 183 Å². The number of ether oxygens (including phenoxy) is 8. The van der Waals surface area contributed by atoms with Crippen molar-refractivity contribution in [3.8, 4) is 68.7 Å². The average molecular weight is 1330 g/mol. The largest absolute Gasteiger partial charge is 0.543 e. The number of carboxylic acid groups (broad SMARTS) is 1. The number of fused-ring (bicyclic) bond motifs is 1. The van der Waals surface area contributed by atoms with E-state index in [-0.39, 0.29) is 65.1 Å². The Hall–Kier alpha value is -9.30. The van der Waals surface area contributed by atoms with Crippen molar-refractivity contribution < 1.29 is 56.6 Å². The molecule has 0 aliphatic carbocycles. The Balaban J connectivity index is 1.04. The standard InChI is InChI=1S/C74H74Cl2FN5O11Si/c1-12-38-88-43-58(44-90-74(50-18-14-13-15-19-50,51-24-30-55(85-7)31-25-51)52-26-32-56(86-8)33-27-52)91-69-65(75)46(2)67(47(3)66(69)76)82-61(48-22-28-53(77)29-23-48)41-60-68(82)71(80-45-79-60)92-64(72(83)84)40-49-39-57(93-94(10,11)73(4,5)6)34-35-62(49)89-42-54-36-37-78-70(81-54)59-20-16-17-21-63(59)87-9/h12-37,39,41,45,58,64H,1,38,40,42-44H2,2-11H3,(H,83,84)/t58-,64?/m1/s1. The lowest BCUT2D eigenvalue weighted by atomic mass is 9.80. The second-order valence-electron chi connectivity index (χ2n) is 23.9. The summed E-state index contributed by atoms with van der Waals surface area (Å²) in [7, 11) is 2.40. The summed E-state index contributed by atoms with van der Waals surface area (Å²) in [4.78, 5) is 32.5. The molecule has 2 atom stereocenters. The number of halogens is 3. The molecule has 0 saturated carbocycles. The third-order valence-electron chi connectivity index (χ3n) is 16.8. The number of carbonyl (C=O) groups is 1. The lowest BCUT2D eigenvalue weighted by Crippen LogP contribution is -2.43. The van der Waals surface area contributed by atoms with E-state index < -0.39 is 37.9 Å². The molecule has 486 valence electrons. The molecule has 0 amide bonds.